The van der Waals surface area contributed by atoms with E-state index in [9.17, 15) is 4.79 Å². The Kier molecular flexibility index (Phi) is 4.06. The molecule has 0 spiro atoms. The van der Waals surface area contributed by atoms with Crippen LogP contribution in [0.5, 0.6) is 5.75 Å². The molecule has 0 saturated carbocycles. The fourth-order valence-corrected chi connectivity index (χ4v) is 2.72. The van der Waals surface area contributed by atoms with E-state index in [1.54, 1.807) is 13.2 Å². The maximum Gasteiger partial charge on any atom is 0.345 e. The van der Waals surface area contributed by atoms with Crippen molar-refractivity contribution in [3.63, 3.8) is 0 Å². The highest BCUT2D eigenvalue weighted by atomic mass is 32.1. The molecule has 100 valence electrons. The molecule has 0 bridgehead atoms. The third kappa shape index (κ3) is 3.06. The number of carboxylic acids is 1. The molecule has 5 heteroatoms. The number of anilines is 1. The summed E-state index contributed by atoms with van der Waals surface area (Å²) in [5.74, 6) is -0.105. The first-order valence-electron chi connectivity index (χ1n) is 5.81. The van der Waals surface area contributed by atoms with E-state index >= 15 is 0 Å². The maximum absolute atomic E-state index is 10.9. The molecule has 0 atom stereocenters. The van der Waals surface area contributed by atoms with Gasteiger partial charge in [0.25, 0.3) is 0 Å². The van der Waals surface area contributed by atoms with Crippen LogP contribution in [0.4, 0.5) is 5.69 Å². The third-order valence-corrected chi connectivity index (χ3v) is 4.00. The Morgan fingerprint density at radius 1 is 1.42 bits per heavy atom. The Labute approximate surface area is 115 Å². The average molecular weight is 277 g/mol. The number of benzene rings is 1. The van der Waals surface area contributed by atoms with Crippen LogP contribution in [-0.4, -0.2) is 18.2 Å². The molecule has 0 aliphatic carbocycles. The third-order valence-electron chi connectivity index (χ3n) is 2.78. The summed E-state index contributed by atoms with van der Waals surface area (Å²) in [6, 6.07) is 9.34. The molecule has 2 rings (SSSR count). The van der Waals surface area contributed by atoms with Gasteiger partial charge in [-0.2, -0.15) is 0 Å². The number of aryl methyl sites for hydroxylation is 1. The van der Waals surface area contributed by atoms with E-state index in [0.717, 1.165) is 21.9 Å². The Morgan fingerprint density at radius 2 is 2.16 bits per heavy atom. The van der Waals surface area contributed by atoms with Crippen molar-refractivity contribution in [2.75, 3.05) is 12.4 Å². The van der Waals surface area contributed by atoms with Crippen LogP contribution in [0.1, 0.15) is 20.1 Å². The van der Waals surface area contributed by atoms with Crippen LogP contribution in [0, 0.1) is 6.92 Å². The molecule has 0 aliphatic rings. The van der Waals surface area contributed by atoms with E-state index in [1.165, 1.54) is 11.3 Å². The molecule has 19 heavy (non-hydrogen) atoms. The number of nitrogens with one attached hydrogen (secondary N) is 1. The van der Waals surface area contributed by atoms with Gasteiger partial charge in [-0.25, -0.2) is 4.79 Å². The Bertz CT molecular complexity index is 592. The molecule has 1 aromatic carbocycles. The van der Waals surface area contributed by atoms with Crippen LogP contribution in [0.2, 0.25) is 0 Å². The number of rotatable bonds is 5. The van der Waals surface area contributed by atoms with Crippen molar-refractivity contribution in [1.29, 1.82) is 0 Å². The summed E-state index contributed by atoms with van der Waals surface area (Å²) >= 11 is 1.30. The Morgan fingerprint density at radius 3 is 2.79 bits per heavy atom. The average Bonchev–Trinajstić information content (AvgIpc) is 2.78. The fourth-order valence-electron chi connectivity index (χ4n) is 1.77. The molecule has 1 heterocycles. The first-order chi connectivity index (χ1) is 9.11. The zero-order chi connectivity index (χ0) is 13.8. The smallest absolute Gasteiger partial charge is 0.345 e. The van der Waals surface area contributed by atoms with Crippen molar-refractivity contribution >= 4 is 23.0 Å². The molecular formula is C14H15NO3S. The number of thiophene rings is 1. The summed E-state index contributed by atoms with van der Waals surface area (Å²) in [6.45, 7) is 2.51. The van der Waals surface area contributed by atoms with Crippen LogP contribution < -0.4 is 10.1 Å². The topological polar surface area (TPSA) is 58.6 Å². The Hall–Kier alpha value is -2.01. The minimum absolute atomic E-state index is 0.370. The van der Waals surface area contributed by atoms with Gasteiger partial charge in [-0.1, -0.05) is 12.1 Å². The second kappa shape index (κ2) is 5.75. The van der Waals surface area contributed by atoms with Gasteiger partial charge in [0.05, 0.1) is 12.8 Å². The van der Waals surface area contributed by atoms with E-state index in [0.29, 0.717) is 11.4 Å². The highest BCUT2D eigenvalue weighted by Crippen LogP contribution is 2.26. The van der Waals surface area contributed by atoms with Crippen LogP contribution >= 0.6 is 11.3 Å². The van der Waals surface area contributed by atoms with Gasteiger partial charge >= 0.3 is 5.97 Å². The predicted molar refractivity (Wildman–Crippen MR) is 76.3 cm³/mol. The van der Waals surface area contributed by atoms with Gasteiger partial charge in [0.2, 0.25) is 0 Å². The lowest BCUT2D eigenvalue weighted by Crippen LogP contribution is -2.00. The van der Waals surface area contributed by atoms with E-state index in [1.807, 2.05) is 31.2 Å². The van der Waals surface area contributed by atoms with Crippen molar-refractivity contribution in [2.45, 2.75) is 13.5 Å². The van der Waals surface area contributed by atoms with Gasteiger partial charge in [-0.05, 0) is 30.7 Å². The minimum atomic E-state index is -0.878. The summed E-state index contributed by atoms with van der Waals surface area (Å²) in [6.07, 6.45) is 0. The number of hydrogen-bond acceptors (Lipinski definition) is 4. The Balaban J connectivity index is 2.12. The van der Waals surface area contributed by atoms with Crippen molar-refractivity contribution in [2.24, 2.45) is 0 Å². The molecule has 4 nitrogen and oxygen atoms in total. The highest BCUT2D eigenvalue weighted by Gasteiger charge is 2.11. The number of aromatic carboxylic acids is 1. The van der Waals surface area contributed by atoms with Crippen LogP contribution in [0.25, 0.3) is 0 Å². The minimum Gasteiger partial charge on any atom is -0.495 e. The highest BCUT2D eigenvalue weighted by molar-refractivity contribution is 7.14. The first kappa shape index (κ1) is 13.4. The molecule has 2 aromatic rings. The standard InChI is InChI=1S/C14H15NO3S/c1-9-7-12(14(16)17)19-13(9)8-15-10-5-3-4-6-11(10)18-2/h3-7,15H,8H2,1-2H3,(H,16,17). The van der Waals surface area contributed by atoms with Gasteiger partial charge in [0, 0.05) is 11.4 Å². The van der Waals surface area contributed by atoms with Gasteiger partial charge in [0.15, 0.2) is 0 Å². The SMILES string of the molecule is COc1ccccc1NCc1sc(C(=O)O)cc1C. The van der Waals surface area contributed by atoms with Crippen LogP contribution in [0.15, 0.2) is 30.3 Å². The molecule has 0 aliphatic heterocycles. The molecule has 0 radical (unpaired) electrons. The lowest BCUT2D eigenvalue weighted by Gasteiger charge is -2.10. The van der Waals surface area contributed by atoms with Crippen molar-refractivity contribution in [1.82, 2.24) is 0 Å². The quantitative estimate of drug-likeness (QED) is 0.879. The van der Waals surface area contributed by atoms with Gasteiger partial charge < -0.3 is 15.2 Å². The lowest BCUT2D eigenvalue weighted by molar-refractivity contribution is 0.0702. The molecule has 0 fully saturated rings. The number of hydrogen-bond donors (Lipinski definition) is 2. The van der Waals surface area contributed by atoms with E-state index in [4.69, 9.17) is 9.84 Å². The van der Waals surface area contributed by atoms with Gasteiger partial charge in [0.1, 0.15) is 10.6 Å². The summed E-state index contributed by atoms with van der Waals surface area (Å²) in [7, 11) is 1.62. The van der Waals surface area contributed by atoms with Gasteiger partial charge in [-0.15, -0.1) is 11.3 Å². The summed E-state index contributed by atoms with van der Waals surface area (Å²) < 4.78 is 5.25. The molecule has 0 amide bonds. The molecule has 1 aromatic heterocycles. The zero-order valence-corrected chi connectivity index (χ0v) is 11.6. The molecule has 0 saturated heterocycles. The number of carboxylic acid groups (broad SMARTS) is 1. The molecule has 0 unspecified atom stereocenters. The first-order valence-corrected chi connectivity index (χ1v) is 6.63. The monoisotopic (exact) mass is 277 g/mol. The lowest BCUT2D eigenvalue weighted by atomic mass is 10.2. The number of ether oxygens (including phenoxy) is 1. The van der Waals surface area contributed by atoms with Crippen molar-refractivity contribution in [3.05, 3.63) is 45.6 Å². The largest absolute Gasteiger partial charge is 0.495 e. The number of para-hydroxylation sites is 2. The van der Waals surface area contributed by atoms with Crippen LogP contribution in [-0.2, 0) is 6.54 Å². The normalized spacial score (nSPS) is 10.2. The van der Waals surface area contributed by atoms with Crippen molar-refractivity contribution < 1.29 is 14.6 Å². The molecule has 2 N–H and O–H groups in total. The predicted octanol–water partition coefficient (Wildman–Crippen LogP) is 3.38. The number of methoxy groups -OCH3 is 1. The second-order valence-electron chi connectivity index (χ2n) is 4.08. The summed E-state index contributed by atoms with van der Waals surface area (Å²) in [5.41, 5.74) is 1.89. The van der Waals surface area contributed by atoms with E-state index in [2.05, 4.69) is 5.32 Å². The second-order valence-corrected chi connectivity index (χ2v) is 5.21. The van der Waals surface area contributed by atoms with E-state index < -0.39 is 5.97 Å². The van der Waals surface area contributed by atoms with Crippen LogP contribution in [0.3, 0.4) is 0 Å². The maximum atomic E-state index is 10.9. The summed E-state index contributed by atoms with van der Waals surface area (Å²) in [5, 5.41) is 12.2. The zero-order valence-electron chi connectivity index (χ0n) is 10.8. The number of carbonyl (C=O) groups is 1. The fraction of sp³-hybridized carbons (Fsp3) is 0.214. The molecular weight excluding hydrogens is 262 g/mol. The van der Waals surface area contributed by atoms with Crippen molar-refractivity contribution in [3.8, 4) is 5.75 Å². The summed E-state index contributed by atoms with van der Waals surface area (Å²) in [4.78, 5) is 12.3. The van der Waals surface area contributed by atoms with E-state index in [-0.39, 0.29) is 0 Å². The van der Waals surface area contributed by atoms with Gasteiger partial charge in [-0.3, -0.25) is 0 Å².